The Morgan fingerprint density at radius 3 is 2.75 bits per heavy atom. The number of hydrazine groups is 1. The number of aromatic nitrogens is 1. The van der Waals surface area contributed by atoms with E-state index in [9.17, 15) is 14.0 Å². The lowest BCUT2D eigenvalue weighted by Gasteiger charge is -2.15. The fourth-order valence-electron chi connectivity index (χ4n) is 1.98. The number of benzene rings is 1. The lowest BCUT2D eigenvalue weighted by Crippen LogP contribution is -2.44. The van der Waals surface area contributed by atoms with Gasteiger partial charge in [-0.3, -0.25) is 20.0 Å². The molecule has 1 fully saturated rings. The highest BCUT2D eigenvalue weighted by molar-refractivity contribution is 8.26. The van der Waals surface area contributed by atoms with Crippen molar-refractivity contribution in [1.82, 2.24) is 15.4 Å². The predicted octanol–water partition coefficient (Wildman–Crippen LogP) is 2.77. The van der Waals surface area contributed by atoms with Crippen LogP contribution in [0.3, 0.4) is 0 Å². The second kappa shape index (κ2) is 6.90. The van der Waals surface area contributed by atoms with Gasteiger partial charge in [-0.1, -0.05) is 23.9 Å². The highest BCUT2D eigenvalue weighted by Gasteiger charge is 2.33. The van der Waals surface area contributed by atoms with E-state index in [4.69, 9.17) is 12.2 Å². The summed E-state index contributed by atoms with van der Waals surface area (Å²) in [5.41, 5.74) is 3.35. The van der Waals surface area contributed by atoms with Crippen LogP contribution >= 0.6 is 24.0 Å². The molecule has 1 N–H and O–H groups in total. The van der Waals surface area contributed by atoms with Gasteiger partial charge >= 0.3 is 0 Å². The number of rotatable bonds is 3. The number of amides is 2. The Hall–Kier alpha value is -2.58. The molecule has 3 rings (SSSR count). The molecule has 0 radical (unpaired) electrons. The zero-order valence-corrected chi connectivity index (χ0v) is 13.7. The third-order valence-corrected chi connectivity index (χ3v) is 4.40. The van der Waals surface area contributed by atoms with Crippen LogP contribution < -0.4 is 5.43 Å². The molecule has 0 atom stereocenters. The molecular formula is C16H10FN3O2S2. The average molecular weight is 359 g/mol. The van der Waals surface area contributed by atoms with Gasteiger partial charge in [0.15, 0.2) is 4.32 Å². The molecule has 0 aliphatic carbocycles. The van der Waals surface area contributed by atoms with E-state index in [1.54, 1.807) is 12.1 Å². The van der Waals surface area contributed by atoms with E-state index in [2.05, 4.69) is 10.4 Å². The van der Waals surface area contributed by atoms with Gasteiger partial charge < -0.3 is 0 Å². The number of hydrogen-bond acceptors (Lipinski definition) is 5. The van der Waals surface area contributed by atoms with Crippen molar-refractivity contribution in [3.63, 3.8) is 0 Å². The second-order valence-electron chi connectivity index (χ2n) is 4.75. The second-order valence-corrected chi connectivity index (χ2v) is 6.42. The van der Waals surface area contributed by atoms with Crippen molar-refractivity contribution >= 4 is 46.2 Å². The average Bonchev–Trinajstić information content (AvgIpc) is 2.83. The fraction of sp³-hybridized carbons (Fsp3) is 0. The number of hydrogen-bond donors (Lipinski definition) is 1. The summed E-state index contributed by atoms with van der Waals surface area (Å²) in [7, 11) is 0. The van der Waals surface area contributed by atoms with Gasteiger partial charge in [-0.15, -0.1) is 0 Å². The first kappa shape index (κ1) is 16.3. The van der Waals surface area contributed by atoms with Crippen molar-refractivity contribution < 1.29 is 14.0 Å². The van der Waals surface area contributed by atoms with Gasteiger partial charge in [0.25, 0.3) is 11.8 Å². The Bertz CT molecular complexity index is 855. The maximum atomic E-state index is 13.2. The summed E-state index contributed by atoms with van der Waals surface area (Å²) in [5.74, 6) is -1.33. The minimum absolute atomic E-state index is 0.199. The summed E-state index contributed by atoms with van der Waals surface area (Å²) in [4.78, 5) is 28.7. The van der Waals surface area contributed by atoms with Crippen molar-refractivity contribution in [3.05, 3.63) is 70.6 Å². The molecule has 0 saturated carbocycles. The molecule has 1 aromatic heterocycles. The topological polar surface area (TPSA) is 62.3 Å². The quantitative estimate of drug-likeness (QED) is 0.674. The summed E-state index contributed by atoms with van der Waals surface area (Å²) in [6.45, 7) is 0. The molecule has 1 saturated heterocycles. The molecule has 1 aliphatic rings. The molecule has 2 amide bonds. The third kappa shape index (κ3) is 3.50. The number of halogens is 1. The standard InChI is InChI=1S/C16H10FN3O2S2/c17-12-3-1-2-10(8-12)9-13-15(22)20(16(23)24-13)19-14(21)11-4-6-18-7-5-11/h1-9H,(H,19,21). The first-order valence-corrected chi connectivity index (χ1v) is 8.01. The molecule has 0 spiro atoms. The van der Waals surface area contributed by atoms with Crippen LogP contribution in [0, 0.1) is 5.82 Å². The number of pyridine rings is 1. The van der Waals surface area contributed by atoms with E-state index in [0.717, 1.165) is 16.8 Å². The Kier molecular flexibility index (Phi) is 4.68. The predicted molar refractivity (Wildman–Crippen MR) is 93.1 cm³/mol. The highest BCUT2D eigenvalue weighted by Crippen LogP contribution is 2.31. The van der Waals surface area contributed by atoms with E-state index in [1.165, 1.54) is 42.7 Å². The van der Waals surface area contributed by atoms with Crippen molar-refractivity contribution in [2.24, 2.45) is 0 Å². The smallest absolute Gasteiger partial charge is 0.267 e. The van der Waals surface area contributed by atoms with Crippen LogP contribution in [0.25, 0.3) is 6.08 Å². The van der Waals surface area contributed by atoms with Crippen LogP contribution in [0.4, 0.5) is 4.39 Å². The molecule has 8 heteroatoms. The van der Waals surface area contributed by atoms with Crippen LogP contribution in [-0.4, -0.2) is 26.1 Å². The number of carbonyl (C=O) groups is 2. The first-order valence-electron chi connectivity index (χ1n) is 6.79. The lowest BCUT2D eigenvalue weighted by atomic mass is 10.2. The monoisotopic (exact) mass is 359 g/mol. The van der Waals surface area contributed by atoms with Gasteiger partial charge in [0.05, 0.1) is 4.91 Å². The van der Waals surface area contributed by atoms with Gasteiger partial charge in [-0.05, 0) is 48.1 Å². The zero-order valence-electron chi connectivity index (χ0n) is 12.1. The third-order valence-electron chi connectivity index (χ3n) is 3.10. The minimum Gasteiger partial charge on any atom is -0.267 e. The highest BCUT2D eigenvalue weighted by atomic mass is 32.2. The maximum Gasteiger partial charge on any atom is 0.285 e. The summed E-state index contributed by atoms with van der Waals surface area (Å²) in [6, 6.07) is 8.89. The maximum absolute atomic E-state index is 13.2. The molecule has 24 heavy (non-hydrogen) atoms. The van der Waals surface area contributed by atoms with Gasteiger partial charge in [0.2, 0.25) is 0 Å². The molecule has 0 unspecified atom stereocenters. The summed E-state index contributed by atoms with van der Waals surface area (Å²) in [5, 5.41) is 1.01. The first-order chi connectivity index (χ1) is 11.5. The number of thiocarbonyl (C=S) groups is 1. The van der Waals surface area contributed by atoms with Gasteiger partial charge in [-0.25, -0.2) is 4.39 Å². The van der Waals surface area contributed by atoms with Crippen LogP contribution in [0.2, 0.25) is 0 Å². The largest absolute Gasteiger partial charge is 0.285 e. The van der Waals surface area contributed by atoms with Gasteiger partial charge in [0, 0.05) is 18.0 Å². The van der Waals surface area contributed by atoms with Crippen molar-refractivity contribution in [3.8, 4) is 0 Å². The molecule has 1 aliphatic heterocycles. The Morgan fingerprint density at radius 1 is 1.29 bits per heavy atom. The normalized spacial score (nSPS) is 15.9. The minimum atomic E-state index is -0.472. The molecule has 120 valence electrons. The molecule has 2 aromatic rings. The van der Waals surface area contributed by atoms with Crippen LogP contribution in [0.15, 0.2) is 53.7 Å². The van der Waals surface area contributed by atoms with Crippen molar-refractivity contribution in [2.45, 2.75) is 0 Å². The molecule has 1 aromatic carbocycles. The van der Waals surface area contributed by atoms with Crippen LogP contribution in [0.5, 0.6) is 0 Å². The molecular weight excluding hydrogens is 349 g/mol. The summed E-state index contributed by atoms with van der Waals surface area (Å²) >= 11 is 6.17. The molecule has 0 bridgehead atoms. The van der Waals surface area contributed by atoms with Crippen molar-refractivity contribution in [1.29, 1.82) is 0 Å². The number of carbonyl (C=O) groups excluding carboxylic acids is 2. The summed E-state index contributed by atoms with van der Waals surface area (Å²) < 4.78 is 13.4. The summed E-state index contributed by atoms with van der Waals surface area (Å²) in [6.07, 6.45) is 4.48. The van der Waals surface area contributed by atoms with Gasteiger partial charge in [0.1, 0.15) is 5.82 Å². The Morgan fingerprint density at radius 2 is 2.04 bits per heavy atom. The van der Waals surface area contributed by atoms with Crippen molar-refractivity contribution in [2.75, 3.05) is 0 Å². The molecule has 2 heterocycles. The van der Waals surface area contributed by atoms with Crippen LogP contribution in [-0.2, 0) is 4.79 Å². The lowest BCUT2D eigenvalue weighted by molar-refractivity contribution is -0.123. The van der Waals surface area contributed by atoms with E-state index in [-0.39, 0.29) is 4.32 Å². The fourth-order valence-corrected chi connectivity index (χ4v) is 3.16. The number of thioether (sulfide) groups is 1. The van der Waals surface area contributed by atoms with E-state index >= 15 is 0 Å². The van der Waals surface area contributed by atoms with Gasteiger partial charge in [-0.2, -0.15) is 5.01 Å². The van der Waals surface area contributed by atoms with Crippen LogP contribution in [0.1, 0.15) is 15.9 Å². The zero-order chi connectivity index (χ0) is 17.1. The van der Waals surface area contributed by atoms with E-state index < -0.39 is 17.6 Å². The Labute approximate surface area is 146 Å². The SMILES string of the molecule is O=C(NN1C(=O)C(=Cc2cccc(F)c2)SC1=S)c1ccncc1. The number of nitrogens with zero attached hydrogens (tertiary/aromatic N) is 2. The van der Waals surface area contributed by atoms with E-state index in [0.29, 0.717) is 16.0 Å². The Balaban J connectivity index is 1.78. The number of nitrogens with one attached hydrogen (secondary N) is 1. The molecule has 5 nitrogen and oxygen atoms in total. The van der Waals surface area contributed by atoms with E-state index in [1.807, 2.05) is 0 Å².